The van der Waals surface area contributed by atoms with Gasteiger partial charge in [-0.25, -0.2) is 0 Å². The predicted octanol–water partition coefficient (Wildman–Crippen LogP) is -2.12. The second-order valence-electron chi connectivity index (χ2n) is 3.17. The normalized spacial score (nSPS) is 10.0. The number of amides is 2. The van der Waals surface area contributed by atoms with E-state index in [1.54, 1.807) is 0 Å². The molecular weight excluding hydrogens is 232 g/mol. The van der Waals surface area contributed by atoms with Gasteiger partial charge in [0.2, 0.25) is 11.6 Å². The van der Waals surface area contributed by atoms with Crippen molar-refractivity contribution < 1.29 is 23.9 Å². The molecule has 0 spiro atoms. The van der Waals surface area contributed by atoms with Crippen LogP contribution >= 0.6 is 0 Å². The fourth-order valence-electron chi connectivity index (χ4n) is 1.13. The topological polar surface area (TPSA) is 130 Å². The highest BCUT2D eigenvalue weighted by atomic mass is 16.7. The fraction of sp³-hybridized carbons (Fsp3) is 0.500. The van der Waals surface area contributed by atoms with Crippen molar-refractivity contribution in [1.82, 2.24) is 15.8 Å². The van der Waals surface area contributed by atoms with Gasteiger partial charge in [0.15, 0.2) is 4.60 Å². The lowest BCUT2D eigenvalue weighted by atomic mass is 10.3. The molecule has 9 heteroatoms. The zero-order valence-corrected chi connectivity index (χ0v) is 9.15. The molecule has 1 rings (SSSR count). The molecule has 1 heterocycles. The maximum Gasteiger partial charge on any atom is 0.334 e. The predicted molar refractivity (Wildman–Crippen MR) is 53.4 cm³/mol. The molecular formula is C8H13N4O5+. The summed E-state index contributed by atoms with van der Waals surface area (Å²) >= 11 is 0. The Morgan fingerprint density at radius 1 is 1.41 bits per heavy atom. The lowest BCUT2D eigenvalue weighted by Crippen LogP contribution is -2.37. The number of carbonyl (C=O) groups is 2. The van der Waals surface area contributed by atoms with Crippen molar-refractivity contribution in [3.05, 3.63) is 16.3 Å². The van der Waals surface area contributed by atoms with Gasteiger partial charge >= 0.3 is 11.6 Å². The number of nitrogens with one attached hydrogen (secondary N) is 3. The maximum atomic E-state index is 11.5. The molecule has 1 aromatic heterocycles. The van der Waals surface area contributed by atoms with Crippen LogP contribution in [0.4, 0.5) is 0 Å². The Morgan fingerprint density at radius 3 is 2.65 bits per heavy atom. The average molecular weight is 245 g/mol. The Hall–Kier alpha value is -2.16. The third-order valence-electron chi connectivity index (χ3n) is 1.88. The summed E-state index contributed by atoms with van der Waals surface area (Å²) in [5.41, 5.74) is -0.354. The first kappa shape index (κ1) is 12.9. The molecule has 0 unspecified atom stereocenters. The van der Waals surface area contributed by atoms with Crippen LogP contribution in [-0.4, -0.2) is 35.2 Å². The van der Waals surface area contributed by atoms with Crippen LogP contribution in [0.3, 0.4) is 0 Å². The summed E-state index contributed by atoms with van der Waals surface area (Å²) < 4.78 is 4.27. The Kier molecular flexibility index (Phi) is 4.40. The summed E-state index contributed by atoms with van der Waals surface area (Å²) in [7, 11) is 0. The Morgan fingerprint density at radius 2 is 2.06 bits per heavy atom. The van der Waals surface area contributed by atoms with Crippen molar-refractivity contribution in [2.45, 2.75) is 13.5 Å². The monoisotopic (exact) mass is 245 g/mol. The zero-order chi connectivity index (χ0) is 12.8. The summed E-state index contributed by atoms with van der Waals surface area (Å²) in [4.78, 5) is 33.1. The smallest absolute Gasteiger partial charge is 0.334 e. The number of aliphatic hydroxyl groups is 1. The van der Waals surface area contributed by atoms with E-state index in [1.165, 1.54) is 6.92 Å². The van der Waals surface area contributed by atoms with Gasteiger partial charge < -0.3 is 15.7 Å². The van der Waals surface area contributed by atoms with Crippen LogP contribution in [0.5, 0.6) is 0 Å². The first-order chi connectivity index (χ1) is 8.06. The van der Waals surface area contributed by atoms with E-state index in [2.05, 4.69) is 20.4 Å². The highest BCUT2D eigenvalue weighted by Crippen LogP contribution is 1.98. The maximum absolute atomic E-state index is 11.5. The van der Waals surface area contributed by atoms with Gasteiger partial charge in [0, 0.05) is 20.0 Å². The highest BCUT2D eigenvalue weighted by molar-refractivity contribution is 5.91. The molecule has 9 nitrogen and oxygen atoms in total. The third kappa shape index (κ3) is 3.41. The van der Waals surface area contributed by atoms with E-state index < -0.39 is 12.5 Å². The molecule has 0 aliphatic rings. The summed E-state index contributed by atoms with van der Waals surface area (Å²) in [5.74, 6) is -0.912. The summed E-state index contributed by atoms with van der Waals surface area (Å²) in [6.07, 6.45) is 0. The van der Waals surface area contributed by atoms with Crippen LogP contribution < -0.4 is 15.2 Å². The lowest BCUT2D eigenvalue weighted by Gasteiger charge is -2.02. The number of hydrogen-bond acceptors (Lipinski definition) is 5. The number of aromatic nitrogens is 2. The molecule has 0 fully saturated rings. The Balaban J connectivity index is 2.55. The lowest BCUT2D eigenvalue weighted by molar-refractivity contribution is -0.714. The fourth-order valence-corrected chi connectivity index (χ4v) is 1.13. The Bertz CT molecular complexity index is 463. The molecule has 0 saturated carbocycles. The van der Waals surface area contributed by atoms with E-state index >= 15 is 0 Å². The van der Waals surface area contributed by atoms with Crippen molar-refractivity contribution in [3.63, 3.8) is 0 Å². The number of rotatable bonds is 5. The van der Waals surface area contributed by atoms with Crippen molar-refractivity contribution in [2.24, 2.45) is 0 Å². The minimum atomic E-state index is -0.695. The van der Waals surface area contributed by atoms with E-state index in [1.807, 2.05) is 0 Å². The summed E-state index contributed by atoms with van der Waals surface area (Å²) in [6, 6.07) is 0. The number of aliphatic hydroxyl groups excluding tert-OH is 1. The van der Waals surface area contributed by atoms with Gasteiger partial charge in [-0.05, 0) is 4.91 Å². The van der Waals surface area contributed by atoms with Crippen LogP contribution in [0.15, 0.2) is 4.63 Å². The number of aromatic amines is 1. The van der Waals surface area contributed by atoms with Gasteiger partial charge in [0.1, 0.15) is 6.61 Å². The van der Waals surface area contributed by atoms with Crippen molar-refractivity contribution in [2.75, 3.05) is 13.1 Å². The van der Waals surface area contributed by atoms with Crippen LogP contribution in [0.1, 0.15) is 23.1 Å². The molecule has 94 valence electrons. The number of hydrogen-bond donors (Lipinski definition) is 4. The molecule has 0 aliphatic heterocycles. The van der Waals surface area contributed by atoms with E-state index in [0.717, 1.165) is 0 Å². The molecule has 4 N–H and O–H groups in total. The first-order valence-electron chi connectivity index (χ1n) is 4.83. The van der Waals surface area contributed by atoms with Gasteiger partial charge in [-0.2, -0.15) is 0 Å². The second-order valence-corrected chi connectivity index (χ2v) is 3.17. The van der Waals surface area contributed by atoms with Crippen LogP contribution in [0.25, 0.3) is 0 Å². The number of H-pyrrole nitrogens is 1. The van der Waals surface area contributed by atoms with Crippen LogP contribution in [-0.2, 0) is 11.4 Å². The quantitative estimate of drug-likeness (QED) is 0.440. The van der Waals surface area contributed by atoms with Gasteiger partial charge in [-0.3, -0.25) is 9.59 Å². The van der Waals surface area contributed by atoms with Gasteiger partial charge in [0.25, 0.3) is 0 Å². The second kappa shape index (κ2) is 5.80. The number of nitrogens with zero attached hydrogens (tertiary/aromatic N) is 1. The standard InChI is InChI=1S/C8H12N4O5/c1-5(14)9-2-3-10-8(15)7-6(4-13)11-17-12(7)16/h13H,2-4H2,1H3,(H2-,9,10,11,14,15,16)/p+1. The Labute approximate surface area is 95.3 Å². The van der Waals surface area contributed by atoms with Gasteiger partial charge in [0.05, 0.1) is 0 Å². The molecule has 2 amide bonds. The van der Waals surface area contributed by atoms with Crippen LogP contribution in [0.2, 0.25) is 0 Å². The minimum Gasteiger partial charge on any atom is -0.388 e. The molecule has 0 saturated heterocycles. The summed E-state index contributed by atoms with van der Waals surface area (Å²) in [5, 5.41) is 15.8. The van der Waals surface area contributed by atoms with E-state index in [-0.39, 0.29) is 35.0 Å². The molecule has 0 aromatic carbocycles. The van der Waals surface area contributed by atoms with Crippen molar-refractivity contribution >= 4 is 11.8 Å². The molecule has 1 aromatic rings. The number of carbonyl (C=O) groups excluding carboxylic acids is 2. The molecule has 0 atom stereocenters. The van der Waals surface area contributed by atoms with Gasteiger partial charge in [-0.15, -0.1) is 0 Å². The highest BCUT2D eigenvalue weighted by Gasteiger charge is 2.26. The summed E-state index contributed by atoms with van der Waals surface area (Å²) in [6.45, 7) is 1.24. The minimum absolute atomic E-state index is 0.0166. The largest absolute Gasteiger partial charge is 0.388 e. The zero-order valence-electron chi connectivity index (χ0n) is 9.15. The van der Waals surface area contributed by atoms with Crippen molar-refractivity contribution in [1.29, 1.82) is 0 Å². The van der Waals surface area contributed by atoms with Crippen molar-refractivity contribution in [3.8, 4) is 0 Å². The molecule has 0 aliphatic carbocycles. The van der Waals surface area contributed by atoms with Gasteiger partial charge in [-0.1, -0.05) is 9.79 Å². The molecule has 0 bridgehead atoms. The average Bonchev–Trinajstić information content (AvgIpc) is 2.65. The third-order valence-corrected chi connectivity index (χ3v) is 1.88. The van der Waals surface area contributed by atoms with E-state index in [4.69, 9.17) is 5.11 Å². The molecule has 0 radical (unpaired) electrons. The molecule has 17 heavy (non-hydrogen) atoms. The van der Waals surface area contributed by atoms with E-state index in [9.17, 15) is 14.5 Å². The van der Waals surface area contributed by atoms with E-state index in [0.29, 0.717) is 0 Å². The van der Waals surface area contributed by atoms with Crippen LogP contribution in [0, 0.1) is 4.91 Å². The SMILES string of the molecule is CC(=O)NCCNC(=O)c1c(CO)[nH]o[n+]1=O. The first-order valence-corrected chi connectivity index (χ1v) is 4.83.